The van der Waals surface area contributed by atoms with E-state index in [0.717, 1.165) is 11.3 Å². The lowest BCUT2D eigenvalue weighted by atomic mass is 10.2. The molecule has 0 spiro atoms. The zero-order chi connectivity index (χ0) is 14.7. The summed E-state index contributed by atoms with van der Waals surface area (Å²) in [4.78, 5) is 4.32. The van der Waals surface area contributed by atoms with Crippen LogP contribution in [-0.4, -0.2) is 34.5 Å². The van der Waals surface area contributed by atoms with Gasteiger partial charge in [0.25, 0.3) is 5.89 Å². The summed E-state index contributed by atoms with van der Waals surface area (Å²) in [5, 5.41) is 14.8. The normalized spacial score (nSPS) is 10.4. The van der Waals surface area contributed by atoms with Gasteiger partial charge in [0.15, 0.2) is 0 Å². The van der Waals surface area contributed by atoms with Crippen molar-refractivity contribution in [1.82, 2.24) is 20.3 Å². The molecule has 0 aliphatic heterocycles. The molecule has 0 aliphatic carbocycles. The predicted molar refractivity (Wildman–Crippen MR) is 76.9 cm³/mol. The van der Waals surface area contributed by atoms with Gasteiger partial charge in [0.1, 0.15) is 5.69 Å². The smallest absolute Gasteiger partial charge is 0.258 e. The highest BCUT2D eigenvalue weighted by Gasteiger charge is 2.12. The third-order valence-electron chi connectivity index (χ3n) is 2.92. The SMILES string of the molecule is CNc1ccc(-c2nc(-c3ccc(OC)nn3)no2)cc1. The number of benzene rings is 1. The van der Waals surface area contributed by atoms with Gasteiger partial charge in [-0.3, -0.25) is 0 Å². The van der Waals surface area contributed by atoms with Crippen molar-refractivity contribution in [1.29, 1.82) is 0 Å². The summed E-state index contributed by atoms with van der Waals surface area (Å²) in [6, 6.07) is 11.1. The van der Waals surface area contributed by atoms with Gasteiger partial charge in [-0.1, -0.05) is 5.16 Å². The van der Waals surface area contributed by atoms with E-state index in [9.17, 15) is 0 Å². The maximum absolute atomic E-state index is 5.25. The standard InChI is InChI=1S/C14H13N5O2/c1-15-10-5-3-9(4-6-10)14-16-13(19-21-14)11-7-8-12(20-2)18-17-11/h3-8,15H,1-2H3. The van der Waals surface area contributed by atoms with Crippen molar-refractivity contribution >= 4 is 5.69 Å². The number of hydrogen-bond donors (Lipinski definition) is 1. The minimum atomic E-state index is 0.387. The monoisotopic (exact) mass is 283 g/mol. The van der Waals surface area contributed by atoms with Gasteiger partial charge in [0.2, 0.25) is 11.7 Å². The lowest BCUT2D eigenvalue weighted by molar-refractivity contribution is 0.392. The number of rotatable bonds is 4. The lowest BCUT2D eigenvalue weighted by Crippen LogP contribution is -1.93. The van der Waals surface area contributed by atoms with Gasteiger partial charge in [-0.25, -0.2) is 0 Å². The highest BCUT2D eigenvalue weighted by Crippen LogP contribution is 2.22. The fourth-order valence-corrected chi connectivity index (χ4v) is 1.77. The zero-order valence-corrected chi connectivity index (χ0v) is 11.6. The van der Waals surface area contributed by atoms with Crippen molar-refractivity contribution in [2.75, 3.05) is 19.5 Å². The van der Waals surface area contributed by atoms with E-state index in [4.69, 9.17) is 9.26 Å². The molecule has 0 bridgehead atoms. The van der Waals surface area contributed by atoms with Crippen LogP contribution >= 0.6 is 0 Å². The van der Waals surface area contributed by atoms with Gasteiger partial charge in [0.05, 0.1) is 7.11 Å². The minimum absolute atomic E-state index is 0.387. The van der Waals surface area contributed by atoms with Crippen molar-refractivity contribution in [3.8, 4) is 28.9 Å². The van der Waals surface area contributed by atoms with Crippen molar-refractivity contribution in [3.63, 3.8) is 0 Å². The molecule has 7 heteroatoms. The first-order valence-corrected chi connectivity index (χ1v) is 6.30. The fourth-order valence-electron chi connectivity index (χ4n) is 1.77. The molecule has 0 saturated carbocycles. The van der Waals surface area contributed by atoms with Crippen LogP contribution in [0.1, 0.15) is 0 Å². The number of anilines is 1. The molecule has 0 saturated heterocycles. The Bertz CT molecular complexity index is 660. The molecule has 21 heavy (non-hydrogen) atoms. The Kier molecular flexibility index (Phi) is 3.46. The van der Waals surface area contributed by atoms with E-state index in [0.29, 0.717) is 23.3 Å². The third kappa shape index (κ3) is 2.66. The van der Waals surface area contributed by atoms with E-state index < -0.39 is 0 Å². The van der Waals surface area contributed by atoms with Gasteiger partial charge in [-0.2, -0.15) is 4.98 Å². The van der Waals surface area contributed by atoms with Crippen molar-refractivity contribution in [3.05, 3.63) is 36.4 Å². The molecule has 0 radical (unpaired) electrons. The second kappa shape index (κ2) is 5.58. The number of methoxy groups -OCH3 is 1. The fraction of sp³-hybridized carbons (Fsp3) is 0.143. The molecule has 3 aromatic rings. The van der Waals surface area contributed by atoms with Gasteiger partial charge in [-0.15, -0.1) is 10.2 Å². The van der Waals surface area contributed by atoms with Crippen LogP contribution in [0.25, 0.3) is 23.0 Å². The minimum Gasteiger partial charge on any atom is -0.480 e. The average molecular weight is 283 g/mol. The molecule has 1 aromatic carbocycles. The molecule has 106 valence electrons. The number of ether oxygens (including phenoxy) is 1. The Balaban J connectivity index is 1.87. The summed E-state index contributed by atoms with van der Waals surface area (Å²) in [6.07, 6.45) is 0. The lowest BCUT2D eigenvalue weighted by Gasteiger charge is -1.99. The average Bonchev–Trinajstić information content (AvgIpc) is 3.05. The Morgan fingerprint density at radius 3 is 2.48 bits per heavy atom. The van der Waals surface area contributed by atoms with E-state index in [1.807, 2.05) is 31.3 Å². The molecular weight excluding hydrogens is 270 g/mol. The summed E-state index contributed by atoms with van der Waals surface area (Å²) >= 11 is 0. The second-order valence-corrected chi connectivity index (χ2v) is 4.21. The summed E-state index contributed by atoms with van der Waals surface area (Å²) in [7, 11) is 3.40. The van der Waals surface area contributed by atoms with Crippen LogP contribution in [0.4, 0.5) is 5.69 Å². The van der Waals surface area contributed by atoms with Crippen LogP contribution in [0.15, 0.2) is 40.9 Å². The molecule has 2 aromatic heterocycles. The van der Waals surface area contributed by atoms with Gasteiger partial charge >= 0.3 is 0 Å². The van der Waals surface area contributed by atoms with E-state index >= 15 is 0 Å². The summed E-state index contributed by atoms with van der Waals surface area (Å²) < 4.78 is 10.2. The first kappa shape index (κ1) is 13.0. The van der Waals surface area contributed by atoms with Crippen LogP contribution in [0.3, 0.4) is 0 Å². The topological polar surface area (TPSA) is 86.0 Å². The predicted octanol–water partition coefficient (Wildman–Crippen LogP) is 2.24. The van der Waals surface area contributed by atoms with Crippen LogP contribution in [-0.2, 0) is 0 Å². The van der Waals surface area contributed by atoms with Crippen LogP contribution in [0.2, 0.25) is 0 Å². The second-order valence-electron chi connectivity index (χ2n) is 4.21. The van der Waals surface area contributed by atoms with E-state index in [1.54, 1.807) is 12.1 Å². The molecule has 1 N–H and O–H groups in total. The first-order valence-electron chi connectivity index (χ1n) is 6.30. The maximum atomic E-state index is 5.25. The number of nitrogens with one attached hydrogen (secondary N) is 1. The Morgan fingerprint density at radius 2 is 1.86 bits per heavy atom. The quantitative estimate of drug-likeness (QED) is 0.785. The van der Waals surface area contributed by atoms with E-state index in [-0.39, 0.29) is 0 Å². The van der Waals surface area contributed by atoms with Gasteiger partial charge < -0.3 is 14.6 Å². The van der Waals surface area contributed by atoms with Crippen molar-refractivity contribution in [2.45, 2.75) is 0 Å². The molecule has 2 heterocycles. The van der Waals surface area contributed by atoms with Gasteiger partial charge in [-0.05, 0) is 30.3 Å². The molecule has 0 unspecified atom stereocenters. The summed E-state index contributed by atoms with van der Waals surface area (Å²) in [6.45, 7) is 0. The van der Waals surface area contributed by atoms with Crippen LogP contribution in [0, 0.1) is 0 Å². The molecule has 0 amide bonds. The molecule has 0 fully saturated rings. The Morgan fingerprint density at radius 1 is 1.05 bits per heavy atom. The van der Waals surface area contributed by atoms with Crippen molar-refractivity contribution < 1.29 is 9.26 Å². The first-order chi connectivity index (χ1) is 10.3. The zero-order valence-electron chi connectivity index (χ0n) is 11.6. The van der Waals surface area contributed by atoms with E-state index in [1.165, 1.54) is 7.11 Å². The Hall–Kier alpha value is -2.96. The number of nitrogens with zero attached hydrogens (tertiary/aromatic N) is 4. The summed E-state index contributed by atoms with van der Waals surface area (Å²) in [5.74, 6) is 1.26. The van der Waals surface area contributed by atoms with Crippen molar-refractivity contribution in [2.24, 2.45) is 0 Å². The van der Waals surface area contributed by atoms with Crippen LogP contribution in [0.5, 0.6) is 5.88 Å². The molecule has 7 nitrogen and oxygen atoms in total. The largest absolute Gasteiger partial charge is 0.480 e. The summed E-state index contributed by atoms with van der Waals surface area (Å²) in [5.41, 5.74) is 2.38. The molecule has 0 aliphatic rings. The number of aromatic nitrogens is 4. The highest BCUT2D eigenvalue weighted by molar-refractivity contribution is 5.60. The maximum Gasteiger partial charge on any atom is 0.258 e. The third-order valence-corrected chi connectivity index (χ3v) is 2.92. The Labute approximate surface area is 121 Å². The highest BCUT2D eigenvalue weighted by atomic mass is 16.5. The molecular formula is C14H13N5O2. The van der Waals surface area contributed by atoms with Gasteiger partial charge in [0, 0.05) is 24.4 Å². The molecule has 3 rings (SSSR count). The number of hydrogen-bond acceptors (Lipinski definition) is 7. The van der Waals surface area contributed by atoms with E-state index in [2.05, 4.69) is 25.7 Å². The molecule has 0 atom stereocenters. The van der Waals surface area contributed by atoms with Crippen LogP contribution < -0.4 is 10.1 Å².